The maximum atomic E-state index is 13.7. The van der Waals surface area contributed by atoms with Crippen LogP contribution in [0.3, 0.4) is 0 Å². The van der Waals surface area contributed by atoms with Gasteiger partial charge < -0.3 is 19.3 Å². The number of hydrogen-bond acceptors (Lipinski definition) is 10. The molecule has 0 atom stereocenters. The van der Waals surface area contributed by atoms with Gasteiger partial charge in [0.25, 0.3) is 0 Å². The third-order valence-corrected chi connectivity index (χ3v) is 10.8. The van der Waals surface area contributed by atoms with Gasteiger partial charge in [0.05, 0.1) is 46.8 Å². The average Bonchev–Trinajstić information content (AvgIpc) is 3.18. The molecule has 284 valence electrons. The van der Waals surface area contributed by atoms with Crippen molar-refractivity contribution in [1.82, 2.24) is 0 Å². The number of anilines is 4. The summed E-state index contributed by atoms with van der Waals surface area (Å²) in [7, 11) is -3.76. The van der Waals surface area contributed by atoms with Crippen LogP contribution >= 0.6 is 0 Å². The molecule has 0 N–H and O–H groups in total. The zero-order valence-electron chi connectivity index (χ0n) is 32.6. The monoisotopic (exact) mass is 740 g/mol. The Morgan fingerprint density at radius 2 is 0.830 bits per heavy atom. The highest BCUT2D eigenvalue weighted by Crippen LogP contribution is 2.29. The molecule has 0 aliphatic rings. The molecule has 0 amide bonds. The lowest BCUT2D eigenvalue weighted by molar-refractivity contribution is 0.339. The van der Waals surface area contributed by atoms with Crippen molar-refractivity contribution in [3.63, 3.8) is 0 Å². The van der Waals surface area contributed by atoms with E-state index in [0.717, 1.165) is 71.6 Å². The van der Waals surface area contributed by atoms with Crippen molar-refractivity contribution in [2.24, 2.45) is 10.2 Å². The van der Waals surface area contributed by atoms with Gasteiger partial charge in [0.15, 0.2) is 0 Å². The van der Waals surface area contributed by atoms with Gasteiger partial charge in [-0.1, -0.05) is 0 Å². The van der Waals surface area contributed by atoms with Crippen molar-refractivity contribution in [3.8, 4) is 11.5 Å². The van der Waals surface area contributed by atoms with Crippen molar-refractivity contribution in [2.75, 3.05) is 72.3 Å². The van der Waals surface area contributed by atoms with Crippen molar-refractivity contribution in [2.45, 2.75) is 65.2 Å². The van der Waals surface area contributed by atoms with Crippen LogP contribution < -0.4 is 29.3 Å². The highest BCUT2D eigenvalue weighted by molar-refractivity contribution is 7.91. The summed E-state index contributed by atoms with van der Waals surface area (Å²) in [6, 6.07) is 26.0. The van der Waals surface area contributed by atoms with E-state index in [9.17, 15) is 8.42 Å². The Balaban J connectivity index is 1.50. The smallest absolute Gasteiger partial charge is 0.206 e. The first kappa shape index (κ1) is 40.7. The molecule has 0 bridgehead atoms. The molecular weight excluding hydrogens is 685 g/mol. The minimum Gasteiger partial charge on any atom is -0.493 e. The molecule has 0 unspecified atom stereocenters. The summed E-state index contributed by atoms with van der Waals surface area (Å²) >= 11 is 0. The van der Waals surface area contributed by atoms with Crippen LogP contribution in [0.15, 0.2) is 105 Å². The zero-order valence-corrected chi connectivity index (χ0v) is 33.4. The first-order chi connectivity index (χ1) is 25.7. The van der Waals surface area contributed by atoms with E-state index in [0.29, 0.717) is 26.3 Å². The summed E-state index contributed by atoms with van der Waals surface area (Å²) < 4.78 is 39.2. The van der Waals surface area contributed by atoms with Crippen LogP contribution in [0.4, 0.5) is 22.7 Å². The van der Waals surface area contributed by atoms with E-state index in [2.05, 4.69) is 61.8 Å². The van der Waals surface area contributed by atoms with Crippen molar-refractivity contribution in [1.29, 1.82) is 0 Å². The van der Waals surface area contributed by atoms with Crippen LogP contribution in [0, 0.1) is 0 Å². The Bertz CT molecular complexity index is 1770. The first-order valence-corrected chi connectivity index (χ1v) is 20.3. The third-order valence-electron chi connectivity index (χ3n) is 9.01. The van der Waals surface area contributed by atoms with Gasteiger partial charge in [0, 0.05) is 73.9 Å². The van der Waals surface area contributed by atoms with Gasteiger partial charge in [-0.2, -0.15) is 10.2 Å². The fourth-order valence-electron chi connectivity index (χ4n) is 6.05. The van der Waals surface area contributed by atoms with E-state index in [1.165, 1.54) is 0 Å². The maximum Gasteiger partial charge on any atom is 0.206 e. The van der Waals surface area contributed by atoms with E-state index >= 15 is 0 Å². The molecule has 53 heavy (non-hydrogen) atoms. The standard InChI is InChI=1S/C42H56N6O4S/c1-9-45(10-2)37-19-17-33(41(29-37)51-15-7)31-43-47(13-5)35-21-25-39(26-22-35)53(49,50)40-27-23-36(24-28-40)48(14-6)44-32-34-18-20-38(46(11-3)12-4)30-42(34)52-16-8/h17-32H,9-16H2,1-8H3/b43-31+,44-32+. The number of benzene rings is 4. The van der Waals surface area contributed by atoms with Gasteiger partial charge in [-0.05, 0) is 128 Å². The largest absolute Gasteiger partial charge is 0.493 e. The molecule has 4 aromatic carbocycles. The van der Waals surface area contributed by atoms with Crippen molar-refractivity contribution >= 4 is 45.0 Å². The van der Waals surface area contributed by atoms with Gasteiger partial charge in [0.2, 0.25) is 9.84 Å². The second-order valence-corrected chi connectivity index (χ2v) is 14.0. The molecule has 0 spiro atoms. The predicted molar refractivity (Wildman–Crippen MR) is 222 cm³/mol. The van der Waals surface area contributed by atoms with Crippen LogP contribution in [0.2, 0.25) is 0 Å². The lowest BCUT2D eigenvalue weighted by atomic mass is 10.2. The van der Waals surface area contributed by atoms with Gasteiger partial charge >= 0.3 is 0 Å². The minimum absolute atomic E-state index is 0.210. The number of rotatable bonds is 20. The number of ether oxygens (including phenoxy) is 2. The lowest BCUT2D eigenvalue weighted by Crippen LogP contribution is -2.21. The lowest BCUT2D eigenvalue weighted by Gasteiger charge is -2.22. The first-order valence-electron chi connectivity index (χ1n) is 18.8. The second-order valence-electron chi connectivity index (χ2n) is 12.1. The number of hydrogen-bond donors (Lipinski definition) is 0. The maximum absolute atomic E-state index is 13.7. The Morgan fingerprint density at radius 3 is 1.13 bits per heavy atom. The van der Waals surface area contributed by atoms with Crippen LogP contribution in [-0.4, -0.2) is 73.3 Å². The molecule has 0 aromatic heterocycles. The number of hydrazone groups is 2. The molecule has 0 fully saturated rings. The van der Waals surface area contributed by atoms with E-state index in [4.69, 9.17) is 19.7 Å². The molecule has 4 aromatic rings. The highest BCUT2D eigenvalue weighted by Gasteiger charge is 2.19. The topological polar surface area (TPSA) is 90.3 Å². The Morgan fingerprint density at radius 1 is 0.491 bits per heavy atom. The molecule has 0 radical (unpaired) electrons. The summed E-state index contributed by atoms with van der Waals surface area (Å²) in [5, 5.41) is 13.1. The van der Waals surface area contributed by atoms with Gasteiger partial charge in [-0.15, -0.1) is 0 Å². The molecule has 0 saturated carbocycles. The second kappa shape index (κ2) is 19.7. The average molecular weight is 741 g/mol. The summed E-state index contributed by atoms with van der Waals surface area (Å²) in [4.78, 5) is 4.96. The molecule has 10 nitrogen and oxygen atoms in total. The van der Waals surface area contributed by atoms with Crippen molar-refractivity contribution in [3.05, 3.63) is 96.1 Å². The summed E-state index contributed by atoms with van der Waals surface area (Å²) in [5.74, 6) is 1.55. The molecule has 0 aliphatic carbocycles. The van der Waals surface area contributed by atoms with E-state index < -0.39 is 9.84 Å². The molecule has 0 aliphatic heterocycles. The van der Waals surface area contributed by atoms with Crippen LogP contribution in [0.1, 0.15) is 66.5 Å². The van der Waals surface area contributed by atoms with Gasteiger partial charge in [-0.25, -0.2) is 8.42 Å². The fraction of sp³-hybridized carbons (Fsp3) is 0.381. The molecule has 4 rings (SSSR count). The Labute approximate surface area is 317 Å². The SMILES string of the molecule is CCOc1cc(N(CC)CC)ccc1/C=N/N(CC)c1ccc(S(=O)(=O)c2ccc(N(CC)/N=C/c3ccc(N(CC)CC)cc3OCC)cc2)cc1. The van der Waals surface area contributed by atoms with Gasteiger partial charge in [0.1, 0.15) is 11.5 Å². The van der Waals surface area contributed by atoms with E-state index in [1.807, 2.05) is 49.8 Å². The Kier molecular flexibility index (Phi) is 15.1. The summed E-state index contributed by atoms with van der Waals surface area (Å²) in [6.07, 6.45) is 3.58. The minimum atomic E-state index is -3.76. The van der Waals surface area contributed by atoms with Crippen LogP contribution in [0.25, 0.3) is 0 Å². The number of sulfone groups is 1. The highest BCUT2D eigenvalue weighted by atomic mass is 32.2. The van der Waals surface area contributed by atoms with E-state index in [-0.39, 0.29) is 9.79 Å². The van der Waals surface area contributed by atoms with Crippen LogP contribution in [0.5, 0.6) is 11.5 Å². The van der Waals surface area contributed by atoms with Crippen LogP contribution in [-0.2, 0) is 9.84 Å². The fourth-order valence-corrected chi connectivity index (χ4v) is 7.31. The predicted octanol–water partition coefficient (Wildman–Crippen LogP) is 8.73. The third kappa shape index (κ3) is 10.1. The molecule has 0 heterocycles. The normalized spacial score (nSPS) is 11.6. The summed E-state index contributed by atoms with van der Waals surface area (Å²) in [6.45, 7) is 22.4. The zero-order chi connectivity index (χ0) is 38.4. The Hall–Kier alpha value is -5.03. The van der Waals surface area contributed by atoms with Crippen molar-refractivity contribution < 1.29 is 17.9 Å². The van der Waals surface area contributed by atoms with E-state index in [1.54, 1.807) is 61.0 Å². The number of nitrogens with zero attached hydrogens (tertiary/aromatic N) is 6. The quantitative estimate of drug-likeness (QED) is 0.0657. The summed E-state index contributed by atoms with van der Waals surface area (Å²) in [5.41, 5.74) is 5.51. The van der Waals surface area contributed by atoms with Gasteiger partial charge in [-0.3, -0.25) is 10.0 Å². The molecule has 11 heteroatoms. The molecular formula is C42H56N6O4S. The molecule has 0 saturated heterocycles.